The minimum absolute atomic E-state index is 0.0525. The molecule has 3 heteroatoms. The van der Waals surface area contributed by atoms with E-state index in [0.29, 0.717) is 18.7 Å². The van der Waals surface area contributed by atoms with Crippen LogP contribution in [-0.2, 0) is 6.42 Å². The third-order valence-corrected chi connectivity index (χ3v) is 3.25. The number of hydrogen-bond acceptors (Lipinski definition) is 2. The molecule has 1 N–H and O–H groups in total. The minimum atomic E-state index is -0.0525. The number of rotatable bonds is 8. The van der Waals surface area contributed by atoms with E-state index in [9.17, 15) is 4.79 Å². The van der Waals surface area contributed by atoms with E-state index >= 15 is 0 Å². The molecule has 2 rings (SSSR count). The highest BCUT2D eigenvalue weighted by atomic mass is 16.5. The molecule has 0 aromatic heterocycles. The number of carbonyl (C=O) groups is 1. The van der Waals surface area contributed by atoms with Crippen molar-refractivity contribution < 1.29 is 9.53 Å². The molecule has 0 unspecified atom stereocenters. The zero-order valence-electron chi connectivity index (χ0n) is 12.6. The van der Waals surface area contributed by atoms with Crippen LogP contribution >= 0.6 is 0 Å². The van der Waals surface area contributed by atoms with Gasteiger partial charge in [0.2, 0.25) is 0 Å². The van der Waals surface area contributed by atoms with E-state index in [1.165, 1.54) is 5.56 Å². The van der Waals surface area contributed by atoms with Gasteiger partial charge in [-0.2, -0.15) is 0 Å². The van der Waals surface area contributed by atoms with Crippen molar-refractivity contribution in [2.45, 2.75) is 12.8 Å². The lowest BCUT2D eigenvalue weighted by atomic mass is 10.1. The second kappa shape index (κ2) is 8.67. The molecule has 1 amide bonds. The smallest absolute Gasteiger partial charge is 0.251 e. The van der Waals surface area contributed by atoms with E-state index in [0.717, 1.165) is 18.6 Å². The molecular weight excluding hydrogens is 274 g/mol. The Kier molecular flexibility index (Phi) is 6.24. The van der Waals surface area contributed by atoms with Gasteiger partial charge in [-0.3, -0.25) is 4.79 Å². The maximum absolute atomic E-state index is 12.0. The van der Waals surface area contributed by atoms with Gasteiger partial charge in [-0.05, 0) is 42.7 Å². The standard InChI is InChI=1S/C19H21NO2/c1-2-15-22-18-12-10-17(11-13-18)19(21)20-14-6-9-16-7-4-3-5-8-16/h2-5,7-8,10-13H,1,6,9,14-15H2,(H,20,21). The van der Waals surface area contributed by atoms with E-state index in [1.807, 2.05) is 18.2 Å². The monoisotopic (exact) mass is 295 g/mol. The number of nitrogens with one attached hydrogen (secondary N) is 1. The van der Waals surface area contributed by atoms with Crippen LogP contribution in [0, 0.1) is 0 Å². The van der Waals surface area contributed by atoms with Crippen LogP contribution in [0.1, 0.15) is 22.3 Å². The normalized spacial score (nSPS) is 10.0. The zero-order chi connectivity index (χ0) is 15.6. The number of carbonyl (C=O) groups excluding carboxylic acids is 1. The Hall–Kier alpha value is -2.55. The molecule has 22 heavy (non-hydrogen) atoms. The van der Waals surface area contributed by atoms with Crippen LogP contribution in [-0.4, -0.2) is 19.1 Å². The highest BCUT2D eigenvalue weighted by Crippen LogP contribution is 2.12. The Labute approximate surface area is 131 Å². The molecule has 0 bridgehead atoms. The van der Waals surface area contributed by atoms with Crippen LogP contribution in [0.2, 0.25) is 0 Å². The topological polar surface area (TPSA) is 38.3 Å². The fourth-order valence-electron chi connectivity index (χ4n) is 2.10. The van der Waals surface area contributed by atoms with Gasteiger partial charge in [-0.15, -0.1) is 0 Å². The fraction of sp³-hybridized carbons (Fsp3) is 0.211. The lowest BCUT2D eigenvalue weighted by molar-refractivity contribution is 0.0953. The average molecular weight is 295 g/mol. The van der Waals surface area contributed by atoms with Crippen molar-refractivity contribution in [2.75, 3.05) is 13.2 Å². The highest BCUT2D eigenvalue weighted by Gasteiger charge is 2.04. The van der Waals surface area contributed by atoms with Gasteiger partial charge in [-0.1, -0.05) is 43.0 Å². The molecule has 2 aromatic carbocycles. The summed E-state index contributed by atoms with van der Waals surface area (Å²) in [6.07, 6.45) is 3.58. The number of amides is 1. The number of hydrogen-bond donors (Lipinski definition) is 1. The molecule has 0 fully saturated rings. The van der Waals surface area contributed by atoms with E-state index < -0.39 is 0 Å². The number of ether oxygens (including phenoxy) is 1. The summed E-state index contributed by atoms with van der Waals surface area (Å²) in [7, 11) is 0. The maximum Gasteiger partial charge on any atom is 0.251 e. The summed E-state index contributed by atoms with van der Waals surface area (Å²) in [6, 6.07) is 17.4. The Morgan fingerprint density at radius 3 is 2.50 bits per heavy atom. The Morgan fingerprint density at radius 1 is 1.09 bits per heavy atom. The summed E-state index contributed by atoms with van der Waals surface area (Å²) in [5, 5.41) is 2.94. The Balaban J connectivity index is 1.73. The summed E-state index contributed by atoms with van der Waals surface area (Å²) in [5.74, 6) is 0.684. The molecule has 0 heterocycles. The first-order valence-corrected chi connectivity index (χ1v) is 7.45. The van der Waals surface area contributed by atoms with Crippen LogP contribution in [0.3, 0.4) is 0 Å². The largest absolute Gasteiger partial charge is 0.490 e. The van der Waals surface area contributed by atoms with Gasteiger partial charge in [0, 0.05) is 12.1 Å². The Morgan fingerprint density at radius 2 is 1.82 bits per heavy atom. The minimum Gasteiger partial charge on any atom is -0.490 e. The van der Waals surface area contributed by atoms with Crippen LogP contribution < -0.4 is 10.1 Å². The first kappa shape index (κ1) is 15.8. The molecule has 0 spiro atoms. The van der Waals surface area contributed by atoms with Crippen molar-refractivity contribution in [3.05, 3.63) is 78.4 Å². The van der Waals surface area contributed by atoms with E-state index in [2.05, 4.69) is 24.0 Å². The Bertz CT molecular complexity index is 591. The lowest BCUT2D eigenvalue weighted by Crippen LogP contribution is -2.24. The van der Waals surface area contributed by atoms with Crippen LogP contribution in [0.25, 0.3) is 0 Å². The number of benzene rings is 2. The molecule has 2 aromatic rings. The SMILES string of the molecule is C=CCOc1ccc(C(=O)NCCCc2ccccc2)cc1. The third kappa shape index (κ3) is 5.09. The van der Waals surface area contributed by atoms with Crippen LogP contribution in [0.4, 0.5) is 0 Å². The molecule has 3 nitrogen and oxygen atoms in total. The number of aryl methyl sites for hydroxylation is 1. The van der Waals surface area contributed by atoms with Crippen LogP contribution in [0.5, 0.6) is 5.75 Å². The summed E-state index contributed by atoms with van der Waals surface area (Å²) < 4.78 is 5.39. The van der Waals surface area contributed by atoms with Gasteiger partial charge in [0.25, 0.3) is 5.91 Å². The van der Waals surface area contributed by atoms with Crippen molar-refractivity contribution in [1.82, 2.24) is 5.32 Å². The molecular formula is C19H21NO2. The second-order valence-corrected chi connectivity index (χ2v) is 4.97. The fourth-order valence-corrected chi connectivity index (χ4v) is 2.10. The first-order chi connectivity index (χ1) is 10.8. The van der Waals surface area contributed by atoms with Crippen molar-refractivity contribution >= 4 is 5.91 Å². The van der Waals surface area contributed by atoms with Gasteiger partial charge < -0.3 is 10.1 Å². The van der Waals surface area contributed by atoms with Crippen molar-refractivity contribution in [1.29, 1.82) is 0 Å². The van der Waals surface area contributed by atoms with Crippen LogP contribution in [0.15, 0.2) is 67.3 Å². The van der Waals surface area contributed by atoms with E-state index in [4.69, 9.17) is 4.74 Å². The predicted octanol–water partition coefficient (Wildman–Crippen LogP) is 3.61. The molecule has 0 saturated carbocycles. The summed E-state index contributed by atoms with van der Waals surface area (Å²) >= 11 is 0. The molecule has 0 atom stereocenters. The van der Waals surface area contributed by atoms with Gasteiger partial charge >= 0.3 is 0 Å². The van der Waals surface area contributed by atoms with Gasteiger partial charge in [0.05, 0.1) is 0 Å². The van der Waals surface area contributed by atoms with Crippen molar-refractivity contribution in [3.63, 3.8) is 0 Å². The molecule has 114 valence electrons. The van der Waals surface area contributed by atoms with Crippen molar-refractivity contribution in [2.24, 2.45) is 0 Å². The molecule has 0 saturated heterocycles. The maximum atomic E-state index is 12.0. The van der Waals surface area contributed by atoms with E-state index in [1.54, 1.807) is 30.3 Å². The molecule has 0 aliphatic carbocycles. The molecule has 0 radical (unpaired) electrons. The van der Waals surface area contributed by atoms with Gasteiger partial charge in [-0.25, -0.2) is 0 Å². The predicted molar refractivity (Wildman–Crippen MR) is 89.2 cm³/mol. The van der Waals surface area contributed by atoms with Gasteiger partial charge in [0.1, 0.15) is 12.4 Å². The second-order valence-electron chi connectivity index (χ2n) is 4.97. The van der Waals surface area contributed by atoms with Gasteiger partial charge in [0.15, 0.2) is 0 Å². The van der Waals surface area contributed by atoms with Crippen molar-refractivity contribution in [3.8, 4) is 5.75 Å². The lowest BCUT2D eigenvalue weighted by Gasteiger charge is -2.07. The highest BCUT2D eigenvalue weighted by molar-refractivity contribution is 5.94. The average Bonchev–Trinajstić information content (AvgIpc) is 2.58. The quantitative estimate of drug-likeness (QED) is 0.597. The summed E-state index contributed by atoms with van der Waals surface area (Å²) in [5.41, 5.74) is 1.94. The zero-order valence-corrected chi connectivity index (χ0v) is 12.6. The molecule has 0 aliphatic rings. The summed E-state index contributed by atoms with van der Waals surface area (Å²) in [6.45, 7) is 4.73. The molecule has 0 aliphatic heterocycles. The third-order valence-electron chi connectivity index (χ3n) is 3.25. The first-order valence-electron chi connectivity index (χ1n) is 7.45. The summed E-state index contributed by atoms with van der Waals surface area (Å²) in [4.78, 5) is 12.0. The van der Waals surface area contributed by atoms with E-state index in [-0.39, 0.29) is 5.91 Å².